The van der Waals surface area contributed by atoms with E-state index in [-0.39, 0.29) is 60.0 Å². The van der Waals surface area contributed by atoms with E-state index in [0.717, 1.165) is 0 Å². The highest BCUT2D eigenvalue weighted by Gasteiger charge is 2.43. The van der Waals surface area contributed by atoms with E-state index >= 15 is 0 Å². The van der Waals surface area contributed by atoms with Crippen LogP contribution in [0.1, 0.15) is 33.6 Å². The van der Waals surface area contributed by atoms with E-state index in [4.69, 9.17) is 0 Å². The van der Waals surface area contributed by atoms with Crippen LogP contribution < -0.4 is 10.6 Å². The molecule has 0 aliphatic carbocycles. The first-order chi connectivity index (χ1) is 19.4. The van der Waals surface area contributed by atoms with Crippen molar-refractivity contribution >= 4 is 50.7 Å². The number of carbonyl (C=O) groups is 3. The predicted molar refractivity (Wildman–Crippen MR) is 146 cm³/mol. The lowest BCUT2D eigenvalue weighted by atomic mass is 10.0. The number of benzene rings is 1. The molecule has 3 amide bonds. The maximum absolute atomic E-state index is 13.5. The first-order valence-corrected chi connectivity index (χ1v) is 13.5. The van der Waals surface area contributed by atoms with Crippen molar-refractivity contribution in [2.75, 3.05) is 56.9 Å². The highest BCUT2D eigenvalue weighted by atomic mass is 79.9. The Bertz CT molecular complexity index is 1350. The number of aromatic nitrogens is 1. The molecule has 1 aromatic carbocycles. The molecular weight excluding hydrogens is 615 g/mol. The van der Waals surface area contributed by atoms with E-state index in [2.05, 4.69) is 31.5 Å². The molecule has 2 aromatic rings. The zero-order valence-corrected chi connectivity index (χ0v) is 23.5. The van der Waals surface area contributed by atoms with E-state index < -0.39 is 29.0 Å². The molecule has 2 N–H and O–H groups in total. The summed E-state index contributed by atoms with van der Waals surface area (Å²) < 4.78 is 38.7. The fourth-order valence-corrected chi connectivity index (χ4v) is 5.32. The SMILES string of the molecule is CNc1cncc(C(=O)N2CCC[C@@H](Nc3c(C(=O)N4CCN(C(=O)C(F)(F)F)CC4)cc(Br)cc3[N+](=O)[O-])C2)c1. The summed E-state index contributed by atoms with van der Waals surface area (Å²) in [4.78, 5) is 57.2. The van der Waals surface area contributed by atoms with Crippen LogP contribution in [-0.2, 0) is 4.79 Å². The number of nitrogens with zero attached hydrogens (tertiary/aromatic N) is 5. The number of hydrogen-bond acceptors (Lipinski definition) is 8. The minimum Gasteiger partial charge on any atom is -0.387 e. The number of piperidine rings is 1. The van der Waals surface area contributed by atoms with Crippen molar-refractivity contribution in [3.05, 3.63) is 56.3 Å². The highest BCUT2D eigenvalue weighted by Crippen LogP contribution is 2.35. The highest BCUT2D eigenvalue weighted by molar-refractivity contribution is 9.10. The summed E-state index contributed by atoms with van der Waals surface area (Å²) in [6.07, 6.45) is -0.812. The third kappa shape index (κ3) is 6.86. The normalized spacial score (nSPS) is 17.7. The Labute approximate surface area is 241 Å². The van der Waals surface area contributed by atoms with Crippen molar-refractivity contribution < 1.29 is 32.5 Å². The van der Waals surface area contributed by atoms with Gasteiger partial charge in [0.2, 0.25) is 0 Å². The molecule has 12 nitrogen and oxygen atoms in total. The van der Waals surface area contributed by atoms with Crippen LogP contribution in [0.2, 0.25) is 0 Å². The first-order valence-electron chi connectivity index (χ1n) is 12.7. The van der Waals surface area contributed by atoms with Crippen LogP contribution in [0.25, 0.3) is 0 Å². The third-order valence-electron chi connectivity index (χ3n) is 6.94. The second kappa shape index (κ2) is 12.3. The number of anilines is 2. The van der Waals surface area contributed by atoms with Crippen LogP contribution in [0.3, 0.4) is 0 Å². The van der Waals surface area contributed by atoms with Crippen molar-refractivity contribution in [1.29, 1.82) is 0 Å². The number of amides is 3. The quantitative estimate of drug-likeness (QED) is 0.361. The van der Waals surface area contributed by atoms with Crippen LogP contribution in [0, 0.1) is 10.1 Å². The molecule has 0 radical (unpaired) electrons. The molecule has 4 rings (SSSR count). The second-order valence-corrected chi connectivity index (χ2v) is 10.5. The molecule has 1 atom stereocenters. The van der Waals surface area contributed by atoms with Crippen LogP contribution in [0.4, 0.5) is 30.2 Å². The van der Waals surface area contributed by atoms with Crippen LogP contribution in [0.15, 0.2) is 35.1 Å². The summed E-state index contributed by atoms with van der Waals surface area (Å²) in [6, 6.07) is 3.90. The fourth-order valence-electron chi connectivity index (χ4n) is 4.88. The van der Waals surface area contributed by atoms with Gasteiger partial charge < -0.3 is 25.3 Å². The molecule has 220 valence electrons. The van der Waals surface area contributed by atoms with Crippen LogP contribution in [-0.4, -0.2) is 101 Å². The summed E-state index contributed by atoms with van der Waals surface area (Å²) in [5.74, 6) is -2.86. The number of likely N-dealkylation sites (tertiary alicyclic amines) is 1. The van der Waals surface area contributed by atoms with Gasteiger partial charge in [0.05, 0.1) is 21.7 Å². The zero-order chi connectivity index (χ0) is 29.9. The van der Waals surface area contributed by atoms with E-state index in [9.17, 15) is 37.7 Å². The Balaban J connectivity index is 1.55. The average molecular weight is 642 g/mol. The Kier molecular flexibility index (Phi) is 8.99. The monoisotopic (exact) mass is 641 g/mol. The number of nitrogens with one attached hydrogen (secondary N) is 2. The number of hydrogen-bond donors (Lipinski definition) is 2. The Morgan fingerprint density at radius 3 is 2.34 bits per heavy atom. The number of nitro benzene ring substituents is 1. The van der Waals surface area contributed by atoms with Gasteiger partial charge >= 0.3 is 12.1 Å². The lowest BCUT2D eigenvalue weighted by Crippen LogP contribution is -2.53. The van der Waals surface area contributed by atoms with E-state index in [1.165, 1.54) is 23.2 Å². The molecule has 2 fully saturated rings. The molecule has 0 spiro atoms. The Morgan fingerprint density at radius 1 is 1.02 bits per heavy atom. The summed E-state index contributed by atoms with van der Waals surface area (Å²) in [5.41, 5.74) is 0.583. The summed E-state index contributed by atoms with van der Waals surface area (Å²) in [5, 5.41) is 18.0. The largest absolute Gasteiger partial charge is 0.471 e. The summed E-state index contributed by atoms with van der Waals surface area (Å²) in [6.45, 7) is -0.326. The van der Waals surface area contributed by atoms with Gasteiger partial charge in [-0.1, -0.05) is 15.9 Å². The van der Waals surface area contributed by atoms with Gasteiger partial charge in [-0.3, -0.25) is 29.5 Å². The molecule has 2 saturated heterocycles. The number of carbonyl (C=O) groups excluding carboxylic acids is 3. The molecule has 41 heavy (non-hydrogen) atoms. The van der Waals surface area contributed by atoms with Crippen molar-refractivity contribution in [3.63, 3.8) is 0 Å². The molecule has 0 saturated carbocycles. The van der Waals surface area contributed by atoms with E-state index in [1.807, 2.05) is 0 Å². The minimum absolute atomic E-state index is 0.0453. The zero-order valence-electron chi connectivity index (χ0n) is 21.9. The standard InChI is InChI=1S/C25H27BrF3N7O5/c1-30-18-9-15(12-31-13-18)22(37)35-4-2-3-17(14-35)32-21-19(10-16(26)11-20(21)36(40)41)23(38)33-5-7-34(8-6-33)24(39)25(27,28)29/h9-13,17,30,32H,2-8,14H2,1H3/t17-/m1/s1. The van der Waals surface area contributed by atoms with Crippen molar-refractivity contribution in [2.24, 2.45) is 0 Å². The van der Waals surface area contributed by atoms with Gasteiger partial charge in [0.1, 0.15) is 5.69 Å². The molecular formula is C25H27BrF3N7O5. The van der Waals surface area contributed by atoms with E-state index in [0.29, 0.717) is 35.5 Å². The van der Waals surface area contributed by atoms with Crippen molar-refractivity contribution in [2.45, 2.75) is 25.1 Å². The molecule has 0 bridgehead atoms. The number of piperazine rings is 1. The van der Waals surface area contributed by atoms with Gasteiger partial charge in [-0.25, -0.2) is 0 Å². The number of alkyl halides is 3. The summed E-state index contributed by atoms with van der Waals surface area (Å²) >= 11 is 3.20. The number of pyridine rings is 1. The third-order valence-corrected chi connectivity index (χ3v) is 7.39. The number of rotatable bonds is 6. The van der Waals surface area contributed by atoms with Gasteiger partial charge in [0.25, 0.3) is 17.5 Å². The number of halogens is 4. The maximum Gasteiger partial charge on any atom is 0.471 e. The molecule has 2 aliphatic rings. The molecule has 16 heteroatoms. The Hall–Kier alpha value is -3.95. The molecule has 1 aromatic heterocycles. The lowest BCUT2D eigenvalue weighted by Gasteiger charge is -2.36. The van der Waals surface area contributed by atoms with Gasteiger partial charge in [-0.05, 0) is 25.0 Å². The maximum atomic E-state index is 13.5. The van der Waals surface area contributed by atoms with Crippen molar-refractivity contribution in [3.8, 4) is 0 Å². The minimum atomic E-state index is -5.02. The van der Waals surface area contributed by atoms with Gasteiger partial charge in [0, 0.05) is 75.3 Å². The number of nitro groups is 1. The van der Waals surface area contributed by atoms with Gasteiger partial charge in [-0.2, -0.15) is 13.2 Å². The summed E-state index contributed by atoms with van der Waals surface area (Å²) in [7, 11) is 1.71. The van der Waals surface area contributed by atoms with Gasteiger partial charge in [0.15, 0.2) is 0 Å². The predicted octanol–water partition coefficient (Wildman–Crippen LogP) is 3.36. The topological polar surface area (TPSA) is 141 Å². The van der Waals surface area contributed by atoms with E-state index in [1.54, 1.807) is 24.2 Å². The van der Waals surface area contributed by atoms with Crippen LogP contribution >= 0.6 is 15.9 Å². The first kappa shape index (κ1) is 30.0. The van der Waals surface area contributed by atoms with Gasteiger partial charge in [-0.15, -0.1) is 0 Å². The molecule has 3 heterocycles. The van der Waals surface area contributed by atoms with Crippen LogP contribution in [0.5, 0.6) is 0 Å². The second-order valence-electron chi connectivity index (χ2n) is 9.63. The molecule has 0 unspecified atom stereocenters. The smallest absolute Gasteiger partial charge is 0.387 e. The average Bonchev–Trinajstić information content (AvgIpc) is 2.96. The fraction of sp³-hybridized carbons (Fsp3) is 0.440. The van der Waals surface area contributed by atoms with Crippen molar-refractivity contribution in [1.82, 2.24) is 19.7 Å². The lowest BCUT2D eigenvalue weighted by molar-refractivity contribution is -0.384. The molecule has 2 aliphatic heterocycles. The Morgan fingerprint density at radius 2 is 1.71 bits per heavy atom.